The van der Waals surface area contributed by atoms with Gasteiger partial charge in [-0.25, -0.2) is 4.98 Å². The monoisotopic (exact) mass is 453 g/mol. The highest BCUT2D eigenvalue weighted by atomic mass is 19.4. The van der Waals surface area contributed by atoms with Gasteiger partial charge in [-0.15, -0.1) is 0 Å². The fraction of sp³-hybridized carbons (Fsp3) is 0.208. The van der Waals surface area contributed by atoms with Gasteiger partial charge in [-0.1, -0.05) is 12.1 Å². The fourth-order valence-corrected chi connectivity index (χ4v) is 3.21. The maximum Gasteiger partial charge on any atom is 0.417 e. The van der Waals surface area contributed by atoms with Gasteiger partial charge in [0.05, 0.1) is 22.3 Å². The van der Waals surface area contributed by atoms with Crippen LogP contribution in [0.1, 0.15) is 29.8 Å². The maximum atomic E-state index is 12.7. The molecule has 1 amide bonds. The first-order valence-corrected chi connectivity index (χ1v) is 10.3. The van der Waals surface area contributed by atoms with Crippen molar-refractivity contribution in [3.8, 4) is 11.3 Å². The zero-order valence-corrected chi connectivity index (χ0v) is 18.2. The van der Waals surface area contributed by atoms with Gasteiger partial charge in [0.15, 0.2) is 0 Å². The molecule has 0 aliphatic carbocycles. The summed E-state index contributed by atoms with van der Waals surface area (Å²) in [5, 5.41) is 2.85. The number of benzene rings is 2. The first-order chi connectivity index (χ1) is 15.6. The Bertz CT molecular complexity index is 1280. The number of imidazole rings is 1. The topological polar surface area (TPSA) is 73.9 Å². The molecule has 170 valence electrons. The highest BCUT2D eigenvalue weighted by Crippen LogP contribution is 2.30. The maximum absolute atomic E-state index is 12.7. The number of hydrogen-bond acceptors (Lipinski definition) is 4. The van der Waals surface area contributed by atoms with E-state index in [0.29, 0.717) is 22.5 Å². The lowest BCUT2D eigenvalue weighted by molar-refractivity contribution is -0.137. The fourth-order valence-electron chi connectivity index (χ4n) is 3.21. The normalized spacial score (nSPS) is 11.7. The SMILES string of the molecule is CC(C)N(C)c1nc2ccc(NC(=O)c3ccc(-c4ccc(C(F)(F)F)cn4)cc3)cc2[nH]1. The van der Waals surface area contributed by atoms with Crippen molar-refractivity contribution in [2.75, 3.05) is 17.3 Å². The molecule has 2 aromatic heterocycles. The number of rotatable bonds is 5. The number of anilines is 2. The molecule has 0 aliphatic rings. The smallest absolute Gasteiger partial charge is 0.343 e. The van der Waals surface area contributed by atoms with Crippen LogP contribution in [0.5, 0.6) is 0 Å². The molecule has 0 radical (unpaired) electrons. The number of pyridine rings is 1. The predicted molar refractivity (Wildman–Crippen MR) is 122 cm³/mol. The largest absolute Gasteiger partial charge is 0.417 e. The van der Waals surface area contributed by atoms with Crippen molar-refractivity contribution in [1.82, 2.24) is 15.0 Å². The number of nitrogens with zero attached hydrogens (tertiary/aromatic N) is 3. The van der Waals surface area contributed by atoms with Crippen LogP contribution >= 0.6 is 0 Å². The second-order valence-corrected chi connectivity index (χ2v) is 7.96. The summed E-state index contributed by atoms with van der Waals surface area (Å²) in [4.78, 5) is 26.4. The van der Waals surface area contributed by atoms with Crippen LogP contribution in [-0.4, -0.2) is 33.9 Å². The van der Waals surface area contributed by atoms with Crippen molar-refractivity contribution in [3.05, 3.63) is 71.9 Å². The number of carbonyl (C=O) groups is 1. The molecule has 0 unspecified atom stereocenters. The van der Waals surface area contributed by atoms with Crippen molar-refractivity contribution < 1.29 is 18.0 Å². The predicted octanol–water partition coefficient (Wildman–Crippen LogP) is 5.74. The van der Waals surface area contributed by atoms with Crippen LogP contribution in [0.15, 0.2) is 60.8 Å². The number of aromatic amines is 1. The third-order valence-corrected chi connectivity index (χ3v) is 5.37. The van der Waals surface area contributed by atoms with Crippen molar-refractivity contribution >= 4 is 28.6 Å². The lowest BCUT2D eigenvalue weighted by atomic mass is 10.1. The van der Waals surface area contributed by atoms with E-state index >= 15 is 0 Å². The molecule has 33 heavy (non-hydrogen) atoms. The van der Waals surface area contributed by atoms with E-state index in [1.54, 1.807) is 30.3 Å². The molecule has 0 spiro atoms. The Morgan fingerprint density at radius 3 is 2.39 bits per heavy atom. The van der Waals surface area contributed by atoms with E-state index in [1.165, 1.54) is 6.07 Å². The van der Waals surface area contributed by atoms with Crippen molar-refractivity contribution in [3.63, 3.8) is 0 Å². The molecule has 0 atom stereocenters. The number of nitrogens with one attached hydrogen (secondary N) is 2. The molecular weight excluding hydrogens is 431 g/mol. The standard InChI is InChI=1S/C24H22F3N5O/c1-14(2)32(3)23-30-20-11-9-18(12-21(20)31-23)29-22(33)16-6-4-15(5-7-16)19-10-8-17(13-28-19)24(25,26)27/h4-14H,1-3H3,(H,29,33)(H,30,31). The van der Waals surface area contributed by atoms with Crippen LogP contribution < -0.4 is 10.2 Å². The summed E-state index contributed by atoms with van der Waals surface area (Å²) < 4.78 is 38.1. The second kappa shape index (κ2) is 8.57. The Hall–Kier alpha value is -3.88. The number of aromatic nitrogens is 3. The van der Waals surface area contributed by atoms with Gasteiger partial charge in [0, 0.05) is 36.1 Å². The molecule has 2 aromatic carbocycles. The molecule has 0 saturated heterocycles. The lowest BCUT2D eigenvalue weighted by Gasteiger charge is -2.19. The molecule has 6 nitrogen and oxygen atoms in total. The first kappa shape index (κ1) is 22.3. The summed E-state index contributed by atoms with van der Waals surface area (Å²) in [5.41, 5.74) is 2.82. The van der Waals surface area contributed by atoms with Crippen LogP contribution in [0, 0.1) is 0 Å². The van der Waals surface area contributed by atoms with Crippen LogP contribution in [-0.2, 0) is 6.18 Å². The molecule has 2 N–H and O–H groups in total. The summed E-state index contributed by atoms with van der Waals surface area (Å²) >= 11 is 0. The Kier molecular flexibility index (Phi) is 5.80. The second-order valence-electron chi connectivity index (χ2n) is 7.96. The molecule has 2 heterocycles. The van der Waals surface area contributed by atoms with Gasteiger partial charge >= 0.3 is 6.18 Å². The summed E-state index contributed by atoms with van der Waals surface area (Å²) in [5.74, 6) is 0.441. The number of fused-ring (bicyclic) bond motifs is 1. The Morgan fingerprint density at radius 1 is 1.06 bits per heavy atom. The lowest BCUT2D eigenvalue weighted by Crippen LogP contribution is -2.26. The van der Waals surface area contributed by atoms with Gasteiger partial charge in [-0.3, -0.25) is 9.78 Å². The molecule has 0 saturated carbocycles. The van der Waals surface area contributed by atoms with Crippen molar-refractivity contribution in [1.29, 1.82) is 0 Å². The van der Waals surface area contributed by atoms with Crippen LogP contribution in [0.3, 0.4) is 0 Å². The van der Waals surface area contributed by atoms with Crippen LogP contribution in [0.25, 0.3) is 22.3 Å². The molecule has 4 aromatic rings. The van der Waals surface area contributed by atoms with Crippen molar-refractivity contribution in [2.45, 2.75) is 26.1 Å². The Morgan fingerprint density at radius 2 is 1.79 bits per heavy atom. The van der Waals surface area contributed by atoms with Gasteiger partial charge in [-0.2, -0.15) is 13.2 Å². The average molecular weight is 453 g/mol. The number of alkyl halides is 3. The highest BCUT2D eigenvalue weighted by Gasteiger charge is 2.30. The number of carbonyl (C=O) groups excluding carboxylic acids is 1. The Balaban J connectivity index is 1.48. The number of amides is 1. The molecule has 0 aliphatic heterocycles. The molecule has 0 fully saturated rings. The van der Waals surface area contributed by atoms with E-state index < -0.39 is 11.7 Å². The number of hydrogen-bond donors (Lipinski definition) is 2. The van der Waals surface area contributed by atoms with E-state index in [0.717, 1.165) is 29.2 Å². The minimum Gasteiger partial charge on any atom is -0.343 e. The quantitative estimate of drug-likeness (QED) is 0.404. The summed E-state index contributed by atoms with van der Waals surface area (Å²) in [6.07, 6.45) is -3.63. The van der Waals surface area contributed by atoms with E-state index in [1.807, 2.05) is 24.1 Å². The average Bonchev–Trinajstić information content (AvgIpc) is 3.21. The minimum atomic E-state index is -4.43. The van der Waals surface area contributed by atoms with Gasteiger partial charge in [0.1, 0.15) is 0 Å². The molecule has 0 bridgehead atoms. The van der Waals surface area contributed by atoms with E-state index in [4.69, 9.17) is 0 Å². The van der Waals surface area contributed by atoms with E-state index in [9.17, 15) is 18.0 Å². The zero-order chi connectivity index (χ0) is 23.8. The minimum absolute atomic E-state index is 0.283. The molecular formula is C24H22F3N5O. The molecule has 9 heteroatoms. The van der Waals surface area contributed by atoms with Crippen LogP contribution in [0.2, 0.25) is 0 Å². The van der Waals surface area contributed by atoms with Gasteiger partial charge < -0.3 is 15.2 Å². The summed E-state index contributed by atoms with van der Waals surface area (Å²) in [6.45, 7) is 4.13. The van der Waals surface area contributed by atoms with Gasteiger partial charge in [0.2, 0.25) is 5.95 Å². The Labute approximate surface area is 188 Å². The van der Waals surface area contributed by atoms with E-state index in [2.05, 4.69) is 34.1 Å². The van der Waals surface area contributed by atoms with Crippen LogP contribution in [0.4, 0.5) is 24.8 Å². The summed E-state index contributed by atoms with van der Waals surface area (Å²) in [7, 11) is 1.95. The third-order valence-electron chi connectivity index (χ3n) is 5.37. The summed E-state index contributed by atoms with van der Waals surface area (Å²) in [6, 6.07) is 14.5. The zero-order valence-electron chi connectivity index (χ0n) is 18.2. The third kappa shape index (κ3) is 4.82. The number of H-pyrrole nitrogens is 1. The first-order valence-electron chi connectivity index (χ1n) is 10.3. The van der Waals surface area contributed by atoms with Crippen molar-refractivity contribution in [2.24, 2.45) is 0 Å². The van der Waals surface area contributed by atoms with E-state index in [-0.39, 0.29) is 11.9 Å². The van der Waals surface area contributed by atoms with Gasteiger partial charge in [-0.05, 0) is 56.3 Å². The highest BCUT2D eigenvalue weighted by molar-refractivity contribution is 6.05. The number of halogens is 3. The molecule has 4 rings (SSSR count). The van der Waals surface area contributed by atoms with Gasteiger partial charge in [0.25, 0.3) is 5.91 Å².